The van der Waals surface area contributed by atoms with Crippen LogP contribution in [0, 0.1) is 5.92 Å². The Balaban J connectivity index is 1.72. The summed E-state index contributed by atoms with van der Waals surface area (Å²) in [6.45, 7) is 0. The molecule has 2 rings (SSSR count). The monoisotopic (exact) mass is 179 g/mol. The highest BCUT2D eigenvalue weighted by atomic mass is 16.3. The third kappa shape index (κ3) is 2.13. The SMILES string of the molecule is NC(CCc1ccco1)C1CCC1. The van der Waals surface area contributed by atoms with Crippen molar-refractivity contribution in [2.24, 2.45) is 11.7 Å². The molecule has 1 aliphatic rings. The van der Waals surface area contributed by atoms with Crippen LogP contribution in [0.5, 0.6) is 0 Å². The molecule has 1 aromatic rings. The van der Waals surface area contributed by atoms with Crippen LogP contribution < -0.4 is 5.73 Å². The first kappa shape index (κ1) is 8.82. The molecule has 1 aromatic heterocycles. The lowest BCUT2D eigenvalue weighted by molar-refractivity contribution is 0.250. The van der Waals surface area contributed by atoms with Crippen molar-refractivity contribution in [1.29, 1.82) is 0 Å². The molecule has 0 radical (unpaired) electrons. The first-order valence-electron chi connectivity index (χ1n) is 5.14. The van der Waals surface area contributed by atoms with E-state index in [9.17, 15) is 0 Å². The van der Waals surface area contributed by atoms with E-state index in [1.165, 1.54) is 19.3 Å². The van der Waals surface area contributed by atoms with E-state index in [2.05, 4.69) is 0 Å². The minimum Gasteiger partial charge on any atom is -0.469 e. The summed E-state index contributed by atoms with van der Waals surface area (Å²) >= 11 is 0. The number of hydrogen-bond donors (Lipinski definition) is 1. The van der Waals surface area contributed by atoms with Crippen LogP contribution in [0.15, 0.2) is 22.8 Å². The van der Waals surface area contributed by atoms with Gasteiger partial charge in [0, 0.05) is 12.5 Å². The van der Waals surface area contributed by atoms with Gasteiger partial charge in [-0.2, -0.15) is 0 Å². The first-order chi connectivity index (χ1) is 6.36. The summed E-state index contributed by atoms with van der Waals surface area (Å²) in [6.07, 6.45) is 7.82. The zero-order chi connectivity index (χ0) is 9.10. The van der Waals surface area contributed by atoms with Crippen molar-refractivity contribution in [1.82, 2.24) is 0 Å². The van der Waals surface area contributed by atoms with Gasteiger partial charge in [-0.3, -0.25) is 0 Å². The highest BCUT2D eigenvalue weighted by Gasteiger charge is 2.23. The van der Waals surface area contributed by atoms with Gasteiger partial charge in [0.25, 0.3) is 0 Å². The number of nitrogens with two attached hydrogens (primary N) is 1. The van der Waals surface area contributed by atoms with Crippen molar-refractivity contribution >= 4 is 0 Å². The van der Waals surface area contributed by atoms with Crippen LogP contribution in [0.1, 0.15) is 31.4 Å². The van der Waals surface area contributed by atoms with Crippen LogP contribution in [0.2, 0.25) is 0 Å². The van der Waals surface area contributed by atoms with Gasteiger partial charge in [-0.25, -0.2) is 0 Å². The second kappa shape index (κ2) is 3.97. The Hall–Kier alpha value is -0.760. The van der Waals surface area contributed by atoms with Crippen molar-refractivity contribution in [3.8, 4) is 0 Å². The van der Waals surface area contributed by atoms with Crippen LogP contribution >= 0.6 is 0 Å². The Bertz CT molecular complexity index is 239. The molecule has 1 aliphatic carbocycles. The van der Waals surface area contributed by atoms with Crippen LogP contribution in [-0.2, 0) is 6.42 Å². The largest absolute Gasteiger partial charge is 0.469 e. The van der Waals surface area contributed by atoms with E-state index in [0.29, 0.717) is 6.04 Å². The molecule has 0 spiro atoms. The van der Waals surface area contributed by atoms with Crippen molar-refractivity contribution in [3.63, 3.8) is 0 Å². The van der Waals surface area contributed by atoms with Crippen LogP contribution in [-0.4, -0.2) is 6.04 Å². The molecule has 2 N–H and O–H groups in total. The molecule has 0 aromatic carbocycles. The Morgan fingerprint density at radius 1 is 1.54 bits per heavy atom. The fraction of sp³-hybridized carbons (Fsp3) is 0.636. The predicted molar refractivity (Wildman–Crippen MR) is 52.3 cm³/mol. The molecule has 0 saturated heterocycles. The van der Waals surface area contributed by atoms with Gasteiger partial charge < -0.3 is 10.2 Å². The third-order valence-corrected chi connectivity index (χ3v) is 3.06. The summed E-state index contributed by atoms with van der Waals surface area (Å²) in [5.74, 6) is 1.85. The Labute approximate surface area is 79.1 Å². The minimum atomic E-state index is 0.388. The summed E-state index contributed by atoms with van der Waals surface area (Å²) in [5, 5.41) is 0. The van der Waals surface area contributed by atoms with Crippen LogP contribution in [0.25, 0.3) is 0 Å². The fourth-order valence-corrected chi connectivity index (χ4v) is 1.87. The summed E-state index contributed by atoms with van der Waals surface area (Å²) in [7, 11) is 0. The first-order valence-corrected chi connectivity index (χ1v) is 5.14. The molecule has 2 heteroatoms. The molecule has 1 unspecified atom stereocenters. The van der Waals surface area contributed by atoms with E-state index in [1.54, 1.807) is 6.26 Å². The molecule has 0 amide bonds. The van der Waals surface area contributed by atoms with Gasteiger partial charge in [-0.1, -0.05) is 6.42 Å². The van der Waals surface area contributed by atoms with E-state index in [-0.39, 0.29) is 0 Å². The van der Waals surface area contributed by atoms with Gasteiger partial charge in [0.2, 0.25) is 0 Å². The maximum Gasteiger partial charge on any atom is 0.103 e. The smallest absolute Gasteiger partial charge is 0.103 e. The normalized spacial score (nSPS) is 19.8. The second-order valence-electron chi connectivity index (χ2n) is 3.97. The number of furan rings is 1. The summed E-state index contributed by atoms with van der Waals surface area (Å²) in [5.41, 5.74) is 6.05. The van der Waals surface area contributed by atoms with Crippen LogP contribution in [0.3, 0.4) is 0 Å². The zero-order valence-electron chi connectivity index (χ0n) is 7.91. The summed E-state index contributed by atoms with van der Waals surface area (Å²) < 4.78 is 5.26. The Morgan fingerprint density at radius 3 is 2.92 bits per heavy atom. The van der Waals surface area contributed by atoms with Crippen molar-refractivity contribution in [2.75, 3.05) is 0 Å². The van der Waals surface area contributed by atoms with Crippen molar-refractivity contribution in [3.05, 3.63) is 24.2 Å². The molecule has 1 heterocycles. The summed E-state index contributed by atoms with van der Waals surface area (Å²) in [6, 6.07) is 4.34. The van der Waals surface area contributed by atoms with Gasteiger partial charge in [0.1, 0.15) is 5.76 Å². The second-order valence-corrected chi connectivity index (χ2v) is 3.97. The van der Waals surface area contributed by atoms with E-state index in [0.717, 1.165) is 24.5 Å². The Kier molecular flexibility index (Phi) is 2.69. The standard InChI is InChI=1S/C11H17NO/c12-11(9-3-1-4-9)7-6-10-5-2-8-13-10/h2,5,8-9,11H,1,3-4,6-7,12H2. The lowest BCUT2D eigenvalue weighted by atomic mass is 9.78. The maximum atomic E-state index is 6.05. The lowest BCUT2D eigenvalue weighted by Crippen LogP contribution is -2.34. The maximum absolute atomic E-state index is 6.05. The van der Waals surface area contributed by atoms with Gasteiger partial charge in [0.15, 0.2) is 0 Å². The van der Waals surface area contributed by atoms with Crippen LogP contribution in [0.4, 0.5) is 0 Å². The van der Waals surface area contributed by atoms with Gasteiger partial charge in [0.05, 0.1) is 6.26 Å². The highest BCUT2D eigenvalue weighted by Crippen LogP contribution is 2.30. The van der Waals surface area contributed by atoms with E-state index in [4.69, 9.17) is 10.2 Å². The molecule has 2 nitrogen and oxygen atoms in total. The minimum absolute atomic E-state index is 0.388. The average Bonchev–Trinajstić information content (AvgIpc) is 2.49. The lowest BCUT2D eigenvalue weighted by Gasteiger charge is -2.31. The topological polar surface area (TPSA) is 39.2 Å². The third-order valence-electron chi connectivity index (χ3n) is 3.06. The zero-order valence-corrected chi connectivity index (χ0v) is 7.91. The Morgan fingerprint density at radius 2 is 2.38 bits per heavy atom. The molecule has 72 valence electrons. The molecule has 1 atom stereocenters. The van der Waals surface area contributed by atoms with Gasteiger partial charge in [-0.15, -0.1) is 0 Å². The molecule has 1 saturated carbocycles. The average molecular weight is 179 g/mol. The molecule has 0 aliphatic heterocycles. The van der Waals surface area contributed by atoms with Gasteiger partial charge >= 0.3 is 0 Å². The quantitative estimate of drug-likeness (QED) is 0.770. The van der Waals surface area contributed by atoms with E-state index < -0.39 is 0 Å². The molecular weight excluding hydrogens is 162 g/mol. The molecule has 13 heavy (non-hydrogen) atoms. The van der Waals surface area contributed by atoms with E-state index >= 15 is 0 Å². The molecule has 1 fully saturated rings. The van der Waals surface area contributed by atoms with Crippen molar-refractivity contribution in [2.45, 2.75) is 38.1 Å². The summed E-state index contributed by atoms with van der Waals surface area (Å²) in [4.78, 5) is 0. The number of aryl methyl sites for hydroxylation is 1. The van der Waals surface area contributed by atoms with Gasteiger partial charge in [-0.05, 0) is 37.3 Å². The number of rotatable bonds is 4. The fourth-order valence-electron chi connectivity index (χ4n) is 1.87. The number of hydrogen-bond acceptors (Lipinski definition) is 2. The van der Waals surface area contributed by atoms with E-state index in [1.807, 2.05) is 12.1 Å². The highest BCUT2D eigenvalue weighted by molar-refractivity contribution is 4.99. The molecule has 0 bridgehead atoms. The molecular formula is C11H17NO. The van der Waals surface area contributed by atoms with Crippen molar-refractivity contribution < 1.29 is 4.42 Å². The predicted octanol–water partition coefficient (Wildman–Crippen LogP) is 2.34.